The van der Waals surface area contributed by atoms with Crippen molar-refractivity contribution in [1.29, 1.82) is 0 Å². The van der Waals surface area contributed by atoms with Gasteiger partial charge < -0.3 is 0 Å². The number of fused-ring (bicyclic) bond motifs is 1. The minimum absolute atomic E-state index is 0.00654. The monoisotopic (exact) mass is 577 g/mol. The molecule has 0 nitrogen and oxygen atoms in total. The zero-order valence-corrected chi connectivity index (χ0v) is 24.9. The third-order valence-corrected chi connectivity index (χ3v) is 56.6. The number of benzene rings is 1. The second-order valence-corrected chi connectivity index (χ2v) is 130. The summed E-state index contributed by atoms with van der Waals surface area (Å²) >= 11 is -5.56. The SMILES string of the molecule is CCCCCCCC[C]1([Hf]([CH3])([CH3])([CH3])([CH3])([CH3])([CH3])([CH3])[CH]2C=CC=C2)C=Cc2ccccc21. The molecule has 2 aliphatic carbocycles. The third-order valence-electron chi connectivity index (χ3n) is 10.5. The van der Waals surface area contributed by atoms with Crippen LogP contribution < -0.4 is 0 Å². The van der Waals surface area contributed by atoms with Gasteiger partial charge in [-0.1, -0.05) is 0 Å². The second-order valence-electron chi connectivity index (χ2n) is 21.1. The Hall–Kier alpha value is -0.690. The molecule has 0 radical (unpaired) electrons. The summed E-state index contributed by atoms with van der Waals surface area (Å²) in [5.41, 5.74) is 2.99. The van der Waals surface area contributed by atoms with E-state index >= 15 is 0 Å². The molecule has 0 spiro atoms. The Balaban J connectivity index is 2.26. The first kappa shape index (κ1) is 24.0. The van der Waals surface area contributed by atoms with Crippen LogP contribution in [0.5, 0.6) is 0 Å². The van der Waals surface area contributed by atoms with Crippen molar-refractivity contribution in [3.63, 3.8) is 0 Å². The van der Waals surface area contributed by atoms with Crippen LogP contribution in [0, 0.1) is 0 Å². The first-order chi connectivity index (χ1) is 13.3. The molecule has 0 heterocycles. The van der Waals surface area contributed by atoms with Gasteiger partial charge in [0.1, 0.15) is 0 Å². The molecule has 0 aliphatic heterocycles. The van der Waals surface area contributed by atoms with Gasteiger partial charge in [0, 0.05) is 0 Å². The molecule has 30 heavy (non-hydrogen) atoms. The summed E-state index contributed by atoms with van der Waals surface area (Å²) in [5.74, 6) is 0. The molecule has 0 N–H and O–H groups in total. The molecule has 0 saturated heterocycles. The first-order valence-corrected chi connectivity index (χ1v) is 41.8. The zero-order chi connectivity index (χ0) is 22.6. The summed E-state index contributed by atoms with van der Waals surface area (Å²) in [7, 11) is 0. The van der Waals surface area contributed by atoms with Crippen LogP contribution in [0.1, 0.15) is 63.0 Å². The van der Waals surface area contributed by atoms with Crippen LogP contribution in [-0.4, -0.2) is 0 Å². The average Bonchev–Trinajstić information content (AvgIpc) is 3.26. The number of unbranched alkanes of at least 4 members (excludes halogenated alkanes) is 5. The van der Waals surface area contributed by atoms with Crippen LogP contribution in [0.4, 0.5) is 0 Å². The van der Waals surface area contributed by atoms with E-state index in [9.17, 15) is 0 Å². The Kier molecular flexibility index (Phi) is 3.72. The van der Waals surface area contributed by atoms with Gasteiger partial charge in [0.25, 0.3) is 0 Å². The number of rotatable bonds is 9. The van der Waals surface area contributed by atoms with Crippen molar-refractivity contribution >= 4 is 6.08 Å². The van der Waals surface area contributed by atoms with Crippen molar-refractivity contribution in [3.05, 3.63) is 65.8 Å². The third kappa shape index (κ3) is 3.08. The van der Waals surface area contributed by atoms with Crippen molar-refractivity contribution < 1.29 is 12.6 Å². The molecular weight excluding hydrogens is 527 g/mol. The van der Waals surface area contributed by atoms with E-state index in [1.807, 2.05) is 0 Å². The molecule has 0 saturated carbocycles. The Labute approximate surface area is 175 Å². The summed E-state index contributed by atoms with van der Waals surface area (Å²) in [6.45, 7) is 2.30. The number of hydrogen-bond donors (Lipinski definition) is 0. The minimum atomic E-state index is -5.56. The van der Waals surface area contributed by atoms with Gasteiger partial charge in [-0.25, -0.2) is 0 Å². The van der Waals surface area contributed by atoms with Gasteiger partial charge in [0.05, 0.1) is 0 Å². The predicted octanol–water partition coefficient (Wildman–Crippen LogP) is 10.7. The normalized spacial score (nSPS) is 28.1. The van der Waals surface area contributed by atoms with E-state index in [1.54, 1.807) is 5.56 Å². The molecule has 169 valence electrons. The topological polar surface area (TPSA) is 0 Å². The molecule has 1 atom stereocenters. The zero-order valence-electron chi connectivity index (χ0n) is 21.3. The Bertz CT molecular complexity index is 983. The van der Waals surface area contributed by atoms with Crippen molar-refractivity contribution in [2.75, 3.05) is 0 Å². The van der Waals surface area contributed by atoms with E-state index in [2.05, 4.69) is 100 Å². The quantitative estimate of drug-likeness (QED) is 0.203. The molecule has 0 fully saturated rings. The molecule has 2 aliphatic rings. The fourth-order valence-electron chi connectivity index (χ4n) is 7.54. The predicted molar refractivity (Wildman–Crippen MR) is 138 cm³/mol. The molecule has 1 unspecified atom stereocenters. The van der Waals surface area contributed by atoms with E-state index in [4.69, 9.17) is 0 Å². The van der Waals surface area contributed by atoms with Crippen LogP contribution >= 0.6 is 0 Å². The summed E-state index contributed by atoms with van der Waals surface area (Å²) in [5, 5.41) is 0. The first-order valence-electron chi connectivity index (χ1n) is 12.8. The molecule has 0 amide bonds. The van der Waals surface area contributed by atoms with Gasteiger partial charge in [-0.2, -0.15) is 0 Å². The van der Waals surface area contributed by atoms with Crippen LogP contribution in [0.25, 0.3) is 6.08 Å². The maximum atomic E-state index is 2.75. The standard InChI is InChI=1S/C17H23.C5H5.7CH3.Hf/c1-2-3-4-5-6-7-10-15-13-14-16-11-8-9-12-17(15)16;1-2-4-5-3-1;;;;;;;;/h8-9,11-14H,2-7,10H2,1H3;1-5H;7*1H3;. The molecular formula is C29H49Hf. The molecule has 1 aromatic rings. The summed E-state index contributed by atoms with van der Waals surface area (Å²) in [4.78, 5) is 0. The van der Waals surface area contributed by atoms with Gasteiger partial charge in [-0.15, -0.1) is 0 Å². The van der Waals surface area contributed by atoms with Crippen LogP contribution in [-0.2, 0) is 15.8 Å². The Morgan fingerprint density at radius 3 is 1.97 bits per heavy atom. The molecule has 0 bridgehead atoms. The average molecular weight is 576 g/mol. The van der Waals surface area contributed by atoms with E-state index < -0.39 is 12.6 Å². The Morgan fingerprint density at radius 2 is 1.33 bits per heavy atom. The summed E-state index contributed by atoms with van der Waals surface area (Å²) in [6.07, 6.45) is 24.0. The van der Waals surface area contributed by atoms with Gasteiger partial charge in [-0.3, -0.25) is 0 Å². The summed E-state index contributed by atoms with van der Waals surface area (Å²) < 4.78 is 19.6. The molecule has 0 aromatic heterocycles. The second kappa shape index (κ2) is 4.66. The van der Waals surface area contributed by atoms with Crippen molar-refractivity contribution in [3.8, 4) is 0 Å². The van der Waals surface area contributed by atoms with E-state index in [0.717, 1.165) is 0 Å². The number of hydrogen-bond acceptors (Lipinski definition) is 0. The van der Waals surface area contributed by atoms with Crippen molar-refractivity contribution in [2.24, 2.45) is 0 Å². The van der Waals surface area contributed by atoms with Gasteiger partial charge >= 0.3 is 176 Å². The number of allylic oxidation sites excluding steroid dienone is 5. The fourth-order valence-corrected chi connectivity index (χ4v) is 41.3. The molecule has 1 heteroatoms. The Morgan fingerprint density at radius 1 is 0.767 bits per heavy atom. The van der Waals surface area contributed by atoms with Crippen LogP contribution in [0.3, 0.4) is 0 Å². The summed E-state index contributed by atoms with van der Waals surface area (Å²) in [6, 6.07) is 9.23. The van der Waals surface area contributed by atoms with Crippen LogP contribution in [0.15, 0.2) is 54.6 Å². The van der Waals surface area contributed by atoms with Gasteiger partial charge in [-0.05, 0) is 0 Å². The van der Waals surface area contributed by atoms with Gasteiger partial charge in [0.15, 0.2) is 0 Å². The maximum absolute atomic E-state index is 5.56. The fraction of sp³-hybridized carbons (Fsp3) is 0.586. The van der Waals surface area contributed by atoms with Crippen molar-refractivity contribution in [1.82, 2.24) is 0 Å². The van der Waals surface area contributed by atoms with Crippen LogP contribution in [0.2, 0.25) is 36.4 Å². The van der Waals surface area contributed by atoms with E-state index in [-0.39, 0.29) is 3.17 Å². The molecule has 1 aromatic carbocycles. The van der Waals surface area contributed by atoms with Gasteiger partial charge in [0.2, 0.25) is 0 Å². The molecule has 3 rings (SSSR count). The van der Waals surface area contributed by atoms with E-state index in [1.165, 1.54) is 50.5 Å². The van der Waals surface area contributed by atoms with E-state index in [0.29, 0.717) is 3.67 Å². The van der Waals surface area contributed by atoms with Crippen molar-refractivity contribution in [2.45, 2.75) is 91.5 Å².